The zero-order valence-corrected chi connectivity index (χ0v) is 13.1. The van der Waals surface area contributed by atoms with E-state index in [4.69, 9.17) is 4.74 Å². The number of methoxy groups -OCH3 is 1. The van der Waals surface area contributed by atoms with Gasteiger partial charge in [0.25, 0.3) is 0 Å². The number of para-hydroxylation sites is 1. The number of hydrogen-bond donors (Lipinski definition) is 0. The number of nitrogens with zero attached hydrogens (tertiary/aromatic N) is 3. The maximum Gasteiger partial charge on any atom is 0.340 e. The highest BCUT2D eigenvalue weighted by Gasteiger charge is 2.47. The number of fused-ring (bicyclic) bond motifs is 1. The number of benzene rings is 2. The lowest BCUT2D eigenvalue weighted by Gasteiger charge is -2.28. The summed E-state index contributed by atoms with van der Waals surface area (Å²) in [6.07, 6.45) is 0.886. The highest BCUT2D eigenvalue weighted by atomic mass is 16.5. The minimum absolute atomic E-state index is 0.0431. The van der Waals surface area contributed by atoms with E-state index in [2.05, 4.69) is 11.1 Å². The number of urea groups is 1. The van der Waals surface area contributed by atoms with Gasteiger partial charge in [0.1, 0.15) is 11.9 Å². The molecule has 2 aromatic rings. The first-order valence-corrected chi connectivity index (χ1v) is 7.86. The highest BCUT2D eigenvalue weighted by molar-refractivity contribution is 5.94. The van der Waals surface area contributed by atoms with Crippen molar-refractivity contribution >= 4 is 11.7 Å². The minimum Gasteiger partial charge on any atom is -0.497 e. The Hall–Kier alpha value is -2.53. The average Bonchev–Trinajstić information content (AvgIpc) is 3.18. The number of rotatable bonds is 3. The van der Waals surface area contributed by atoms with Crippen LogP contribution in [0.2, 0.25) is 0 Å². The summed E-state index contributed by atoms with van der Waals surface area (Å²) in [7, 11) is 1.66. The molecule has 5 nitrogen and oxygen atoms in total. The average molecular weight is 309 g/mol. The molecule has 2 fully saturated rings. The van der Waals surface area contributed by atoms with Crippen molar-refractivity contribution in [2.75, 3.05) is 25.1 Å². The zero-order chi connectivity index (χ0) is 15.8. The molecular formula is C18H19N3O2. The van der Waals surface area contributed by atoms with Gasteiger partial charge >= 0.3 is 6.03 Å². The predicted octanol–water partition coefficient (Wildman–Crippen LogP) is 3.26. The van der Waals surface area contributed by atoms with Crippen LogP contribution in [0.5, 0.6) is 5.75 Å². The molecule has 0 bridgehead atoms. The number of carbonyl (C=O) groups excluding carboxylic acids is 1. The molecule has 0 saturated carbocycles. The Labute approximate surface area is 135 Å². The van der Waals surface area contributed by atoms with Crippen molar-refractivity contribution in [2.45, 2.75) is 12.6 Å². The van der Waals surface area contributed by atoms with Crippen LogP contribution >= 0.6 is 0 Å². The molecule has 0 N–H and O–H groups in total. The van der Waals surface area contributed by atoms with E-state index in [1.54, 1.807) is 7.11 Å². The number of hydrazine groups is 1. The Bertz CT molecular complexity index is 719. The van der Waals surface area contributed by atoms with Crippen molar-refractivity contribution in [1.29, 1.82) is 0 Å². The van der Waals surface area contributed by atoms with Crippen LogP contribution < -0.4 is 9.64 Å². The number of ether oxygens (including phenoxy) is 1. The molecule has 4 rings (SSSR count). The topological polar surface area (TPSA) is 36.0 Å². The molecule has 0 aliphatic carbocycles. The van der Waals surface area contributed by atoms with Crippen LogP contribution in [0, 0.1) is 0 Å². The lowest BCUT2D eigenvalue weighted by Crippen LogP contribution is -2.32. The van der Waals surface area contributed by atoms with Crippen LogP contribution in [0.15, 0.2) is 54.6 Å². The van der Waals surface area contributed by atoms with E-state index in [0.29, 0.717) is 0 Å². The molecule has 1 atom stereocenters. The van der Waals surface area contributed by atoms with Crippen molar-refractivity contribution in [2.24, 2.45) is 0 Å². The zero-order valence-electron chi connectivity index (χ0n) is 13.1. The lowest BCUT2D eigenvalue weighted by atomic mass is 10.1. The summed E-state index contributed by atoms with van der Waals surface area (Å²) in [6, 6.07) is 17.9. The van der Waals surface area contributed by atoms with Crippen LogP contribution in [0.4, 0.5) is 10.5 Å². The number of anilines is 1. The molecule has 2 amide bonds. The fraction of sp³-hybridized carbons (Fsp3) is 0.278. The Morgan fingerprint density at radius 2 is 1.87 bits per heavy atom. The second kappa shape index (κ2) is 5.59. The van der Waals surface area contributed by atoms with E-state index in [-0.39, 0.29) is 12.2 Å². The predicted molar refractivity (Wildman–Crippen MR) is 88.1 cm³/mol. The van der Waals surface area contributed by atoms with Gasteiger partial charge in [-0.2, -0.15) is 5.01 Å². The smallest absolute Gasteiger partial charge is 0.340 e. The summed E-state index contributed by atoms with van der Waals surface area (Å²) < 4.78 is 5.36. The van der Waals surface area contributed by atoms with Gasteiger partial charge < -0.3 is 4.74 Å². The molecular weight excluding hydrogens is 290 g/mol. The molecule has 0 spiro atoms. The first-order valence-electron chi connectivity index (χ1n) is 7.86. The largest absolute Gasteiger partial charge is 0.497 e. The summed E-state index contributed by atoms with van der Waals surface area (Å²) in [5, 5.41) is 4.02. The summed E-state index contributed by atoms with van der Waals surface area (Å²) in [5.74, 6) is 0.806. The van der Waals surface area contributed by atoms with Crippen molar-refractivity contribution in [3.63, 3.8) is 0 Å². The van der Waals surface area contributed by atoms with Gasteiger partial charge in [-0.05, 0) is 36.2 Å². The fourth-order valence-electron chi connectivity index (χ4n) is 3.42. The lowest BCUT2D eigenvalue weighted by molar-refractivity contribution is 0.0727. The van der Waals surface area contributed by atoms with Crippen LogP contribution in [-0.2, 0) is 0 Å². The summed E-state index contributed by atoms with van der Waals surface area (Å²) in [6.45, 7) is 1.67. The standard InChI is InChI=1S/C18H19N3O2/c1-23-16-10-5-7-14(13-16)17-19-11-6-12-20(19)18(22)21(17)15-8-3-2-4-9-15/h2-5,7-10,13,17H,6,11-12H2,1H3. The molecule has 5 heteroatoms. The molecule has 2 saturated heterocycles. The first kappa shape index (κ1) is 14.1. The van der Waals surface area contributed by atoms with Crippen molar-refractivity contribution in [3.8, 4) is 5.75 Å². The number of amides is 2. The second-order valence-electron chi connectivity index (χ2n) is 5.78. The summed E-state index contributed by atoms with van der Waals surface area (Å²) >= 11 is 0. The van der Waals surface area contributed by atoms with Gasteiger partial charge in [0.05, 0.1) is 7.11 Å². The van der Waals surface area contributed by atoms with Gasteiger partial charge in [-0.3, -0.25) is 9.91 Å². The summed E-state index contributed by atoms with van der Waals surface area (Å²) in [5.41, 5.74) is 1.98. The molecule has 0 radical (unpaired) electrons. The van der Waals surface area contributed by atoms with Crippen LogP contribution in [0.25, 0.3) is 0 Å². The summed E-state index contributed by atoms with van der Waals surface area (Å²) in [4.78, 5) is 14.8. The first-order chi connectivity index (χ1) is 11.3. The van der Waals surface area contributed by atoms with Gasteiger partial charge in [-0.25, -0.2) is 4.79 Å². The van der Waals surface area contributed by atoms with E-state index < -0.39 is 0 Å². The van der Waals surface area contributed by atoms with Gasteiger partial charge in [-0.15, -0.1) is 0 Å². The van der Waals surface area contributed by atoms with E-state index in [9.17, 15) is 4.79 Å². The molecule has 2 heterocycles. The van der Waals surface area contributed by atoms with E-state index in [1.165, 1.54) is 0 Å². The molecule has 0 aromatic heterocycles. The van der Waals surface area contributed by atoms with E-state index in [0.717, 1.165) is 36.5 Å². The fourth-order valence-corrected chi connectivity index (χ4v) is 3.42. The molecule has 2 aliphatic rings. The van der Waals surface area contributed by atoms with Crippen molar-refractivity contribution < 1.29 is 9.53 Å². The normalized spacial score (nSPS) is 20.9. The van der Waals surface area contributed by atoms with E-state index in [1.807, 2.05) is 58.4 Å². The quantitative estimate of drug-likeness (QED) is 0.873. The van der Waals surface area contributed by atoms with Gasteiger partial charge in [0.2, 0.25) is 0 Å². The second-order valence-corrected chi connectivity index (χ2v) is 5.78. The minimum atomic E-state index is -0.123. The SMILES string of the molecule is COc1cccc(C2N(c3ccccc3)C(=O)N3CCCN23)c1. The Morgan fingerprint density at radius 3 is 2.65 bits per heavy atom. The van der Waals surface area contributed by atoms with Gasteiger partial charge in [0, 0.05) is 18.8 Å². The van der Waals surface area contributed by atoms with Gasteiger partial charge in [-0.1, -0.05) is 30.3 Å². The molecule has 1 unspecified atom stereocenters. The van der Waals surface area contributed by atoms with E-state index >= 15 is 0 Å². The number of hydrogen-bond acceptors (Lipinski definition) is 3. The van der Waals surface area contributed by atoms with Crippen LogP contribution in [-0.4, -0.2) is 36.2 Å². The Balaban J connectivity index is 1.80. The monoisotopic (exact) mass is 309 g/mol. The van der Waals surface area contributed by atoms with Gasteiger partial charge in [0.15, 0.2) is 0 Å². The highest BCUT2D eigenvalue weighted by Crippen LogP contribution is 2.40. The van der Waals surface area contributed by atoms with Crippen LogP contribution in [0.1, 0.15) is 18.2 Å². The van der Waals surface area contributed by atoms with Crippen molar-refractivity contribution in [1.82, 2.24) is 10.0 Å². The number of carbonyl (C=O) groups is 1. The molecule has 118 valence electrons. The Kier molecular flexibility index (Phi) is 3.42. The van der Waals surface area contributed by atoms with Crippen molar-refractivity contribution in [3.05, 3.63) is 60.2 Å². The maximum atomic E-state index is 12.9. The Morgan fingerprint density at radius 1 is 1.04 bits per heavy atom. The molecule has 2 aromatic carbocycles. The third kappa shape index (κ3) is 2.24. The third-order valence-corrected chi connectivity index (χ3v) is 4.45. The maximum absolute atomic E-state index is 12.9. The molecule has 23 heavy (non-hydrogen) atoms. The molecule has 2 aliphatic heterocycles. The third-order valence-electron chi connectivity index (χ3n) is 4.45. The van der Waals surface area contributed by atoms with Crippen LogP contribution in [0.3, 0.4) is 0 Å².